The molecular formula is C23H27FN4O3. The number of amides is 2. The molecule has 8 heteroatoms. The minimum Gasteiger partial charge on any atom is -0.336 e. The lowest BCUT2D eigenvalue weighted by Crippen LogP contribution is -2.42. The molecule has 1 aromatic heterocycles. The van der Waals surface area contributed by atoms with Crippen molar-refractivity contribution in [2.75, 3.05) is 13.1 Å². The average Bonchev–Trinajstić information content (AvgIpc) is 2.78. The Balaban J connectivity index is 1.64. The second kappa shape index (κ2) is 8.99. The van der Waals surface area contributed by atoms with Crippen LogP contribution in [0.25, 0.3) is 0 Å². The molecule has 0 radical (unpaired) electrons. The molecule has 1 fully saturated rings. The first-order valence-electron chi connectivity index (χ1n) is 10.9. The van der Waals surface area contributed by atoms with Gasteiger partial charge in [0.05, 0.1) is 18.3 Å². The number of nitrogens with zero attached hydrogens (tertiary/aromatic N) is 3. The Bertz CT molecular complexity index is 1050. The van der Waals surface area contributed by atoms with Crippen LogP contribution in [0.2, 0.25) is 0 Å². The predicted octanol–water partition coefficient (Wildman–Crippen LogP) is 2.96. The molecule has 164 valence electrons. The Labute approximate surface area is 180 Å². The van der Waals surface area contributed by atoms with E-state index in [1.807, 2.05) is 6.92 Å². The average molecular weight is 426 g/mol. The topological polar surface area (TPSA) is 86.4 Å². The number of aromatic nitrogens is 2. The van der Waals surface area contributed by atoms with Crippen LogP contribution < -0.4 is 5.56 Å². The summed E-state index contributed by atoms with van der Waals surface area (Å²) in [7, 11) is 0. The van der Waals surface area contributed by atoms with Crippen LogP contribution in [-0.4, -0.2) is 44.7 Å². The zero-order chi connectivity index (χ0) is 22.0. The molecule has 0 bridgehead atoms. The normalized spacial score (nSPS) is 18.6. The molecule has 2 amide bonds. The third-order valence-corrected chi connectivity index (χ3v) is 6.06. The van der Waals surface area contributed by atoms with Gasteiger partial charge in [0.1, 0.15) is 11.6 Å². The van der Waals surface area contributed by atoms with Gasteiger partial charge in [0.2, 0.25) is 5.91 Å². The second-order valence-electron chi connectivity index (χ2n) is 8.21. The quantitative estimate of drug-likeness (QED) is 0.814. The van der Waals surface area contributed by atoms with Crippen molar-refractivity contribution in [1.82, 2.24) is 19.8 Å². The number of carbonyl (C=O) groups excluding carboxylic acids is 2. The Morgan fingerprint density at radius 3 is 2.87 bits per heavy atom. The van der Waals surface area contributed by atoms with Crippen molar-refractivity contribution in [3.8, 4) is 0 Å². The Kier molecular flexibility index (Phi) is 6.15. The lowest BCUT2D eigenvalue weighted by Gasteiger charge is -2.36. The molecule has 4 rings (SSSR count). The molecule has 7 nitrogen and oxygen atoms in total. The zero-order valence-corrected chi connectivity index (χ0v) is 17.7. The number of H-pyrrole nitrogens is 1. The molecule has 2 aromatic rings. The van der Waals surface area contributed by atoms with E-state index in [1.165, 1.54) is 18.2 Å². The molecule has 0 spiro atoms. The monoisotopic (exact) mass is 426 g/mol. The van der Waals surface area contributed by atoms with Gasteiger partial charge in [-0.3, -0.25) is 14.4 Å². The zero-order valence-electron chi connectivity index (χ0n) is 17.7. The van der Waals surface area contributed by atoms with Gasteiger partial charge in [-0.15, -0.1) is 0 Å². The number of hydrogen-bond acceptors (Lipinski definition) is 4. The highest BCUT2D eigenvalue weighted by atomic mass is 19.1. The predicted molar refractivity (Wildman–Crippen MR) is 113 cm³/mol. The van der Waals surface area contributed by atoms with Crippen LogP contribution in [0.15, 0.2) is 29.1 Å². The van der Waals surface area contributed by atoms with Crippen LogP contribution in [-0.2, 0) is 17.8 Å². The van der Waals surface area contributed by atoms with Crippen molar-refractivity contribution in [3.63, 3.8) is 0 Å². The van der Waals surface area contributed by atoms with Gasteiger partial charge in [-0.25, -0.2) is 9.37 Å². The van der Waals surface area contributed by atoms with Crippen molar-refractivity contribution in [2.45, 2.75) is 58.0 Å². The van der Waals surface area contributed by atoms with Crippen molar-refractivity contribution in [3.05, 3.63) is 63.1 Å². The van der Waals surface area contributed by atoms with Crippen molar-refractivity contribution >= 4 is 11.8 Å². The lowest BCUT2D eigenvalue weighted by molar-refractivity contribution is -0.132. The van der Waals surface area contributed by atoms with E-state index in [1.54, 1.807) is 15.9 Å². The number of hydrogen-bond donors (Lipinski definition) is 1. The van der Waals surface area contributed by atoms with E-state index in [2.05, 4.69) is 4.98 Å². The van der Waals surface area contributed by atoms with Gasteiger partial charge in [0.15, 0.2) is 0 Å². The number of fused-ring (bicyclic) bond motifs is 1. The van der Waals surface area contributed by atoms with Crippen LogP contribution in [0.1, 0.15) is 72.5 Å². The molecule has 1 N–H and O–H groups in total. The fourth-order valence-corrected chi connectivity index (χ4v) is 4.45. The van der Waals surface area contributed by atoms with Gasteiger partial charge in [-0.2, -0.15) is 0 Å². The minimum absolute atomic E-state index is 0.0670. The van der Waals surface area contributed by atoms with Gasteiger partial charge in [0.25, 0.3) is 11.5 Å². The molecule has 3 heterocycles. The van der Waals surface area contributed by atoms with Crippen LogP contribution in [0.4, 0.5) is 4.39 Å². The van der Waals surface area contributed by atoms with Gasteiger partial charge in [-0.05, 0) is 50.3 Å². The SMILES string of the molecule is CCCC(=O)N1CCc2c(nc([C@@H]3CCCCN3C(=O)c3cccc(F)c3)[nH]c2=O)C1. The molecule has 1 saturated heterocycles. The summed E-state index contributed by atoms with van der Waals surface area (Å²) in [6.45, 7) is 3.31. The van der Waals surface area contributed by atoms with E-state index in [0.29, 0.717) is 56.0 Å². The van der Waals surface area contributed by atoms with Crippen molar-refractivity contribution in [1.29, 1.82) is 0 Å². The molecule has 1 atom stereocenters. The lowest BCUT2D eigenvalue weighted by atomic mass is 9.99. The highest BCUT2D eigenvalue weighted by Crippen LogP contribution is 2.31. The number of likely N-dealkylation sites (tertiary alicyclic amines) is 1. The molecule has 2 aliphatic heterocycles. The number of piperidine rings is 1. The third-order valence-electron chi connectivity index (χ3n) is 6.06. The van der Waals surface area contributed by atoms with E-state index < -0.39 is 5.82 Å². The Hall–Kier alpha value is -3.03. The standard InChI is InChI=1S/C23H27FN4O3/c1-2-6-20(29)27-12-10-17-18(14-27)25-21(26-22(17)30)19-9-3-4-11-28(19)23(31)15-7-5-8-16(24)13-15/h5,7-8,13,19H,2-4,6,9-12,14H2,1H3,(H,25,26,30)/t19-/m0/s1. The number of carbonyl (C=O) groups is 2. The summed E-state index contributed by atoms with van der Waals surface area (Å²) in [6, 6.07) is 5.26. The molecule has 2 aliphatic rings. The largest absolute Gasteiger partial charge is 0.336 e. The number of nitrogens with one attached hydrogen (secondary N) is 1. The molecule has 0 aliphatic carbocycles. The van der Waals surface area contributed by atoms with Crippen LogP contribution in [0, 0.1) is 5.82 Å². The second-order valence-corrected chi connectivity index (χ2v) is 8.21. The number of benzene rings is 1. The number of aromatic amines is 1. The molecule has 1 aromatic carbocycles. The third kappa shape index (κ3) is 4.38. The van der Waals surface area contributed by atoms with E-state index in [9.17, 15) is 18.8 Å². The summed E-state index contributed by atoms with van der Waals surface area (Å²) in [5.41, 5.74) is 1.30. The fourth-order valence-electron chi connectivity index (χ4n) is 4.45. The summed E-state index contributed by atoms with van der Waals surface area (Å²) in [4.78, 5) is 49.2. The first-order valence-corrected chi connectivity index (χ1v) is 10.9. The maximum absolute atomic E-state index is 13.7. The van der Waals surface area contributed by atoms with Gasteiger partial charge in [-0.1, -0.05) is 13.0 Å². The van der Waals surface area contributed by atoms with Crippen LogP contribution >= 0.6 is 0 Å². The smallest absolute Gasteiger partial charge is 0.254 e. The maximum Gasteiger partial charge on any atom is 0.254 e. The maximum atomic E-state index is 13.7. The van der Waals surface area contributed by atoms with Crippen molar-refractivity contribution in [2.24, 2.45) is 0 Å². The molecule has 31 heavy (non-hydrogen) atoms. The first kappa shape index (κ1) is 21.2. The van der Waals surface area contributed by atoms with Gasteiger partial charge in [0, 0.05) is 30.6 Å². The van der Waals surface area contributed by atoms with E-state index in [-0.39, 0.29) is 29.0 Å². The van der Waals surface area contributed by atoms with E-state index in [4.69, 9.17) is 4.98 Å². The fraction of sp³-hybridized carbons (Fsp3) is 0.478. The first-order chi connectivity index (χ1) is 15.0. The molecule has 0 unspecified atom stereocenters. The van der Waals surface area contributed by atoms with Crippen LogP contribution in [0.5, 0.6) is 0 Å². The number of rotatable bonds is 4. The Morgan fingerprint density at radius 1 is 1.26 bits per heavy atom. The molecular weight excluding hydrogens is 399 g/mol. The minimum atomic E-state index is -0.462. The summed E-state index contributed by atoms with van der Waals surface area (Å²) < 4.78 is 13.7. The van der Waals surface area contributed by atoms with E-state index in [0.717, 1.165) is 19.3 Å². The highest BCUT2D eigenvalue weighted by Gasteiger charge is 2.32. The summed E-state index contributed by atoms with van der Waals surface area (Å²) in [5.74, 6) is -0.226. The Morgan fingerprint density at radius 2 is 2.10 bits per heavy atom. The van der Waals surface area contributed by atoms with Crippen LogP contribution in [0.3, 0.4) is 0 Å². The summed E-state index contributed by atoms with van der Waals surface area (Å²) in [6.07, 6.45) is 4.14. The summed E-state index contributed by atoms with van der Waals surface area (Å²) >= 11 is 0. The summed E-state index contributed by atoms with van der Waals surface area (Å²) in [5, 5.41) is 0. The van der Waals surface area contributed by atoms with E-state index >= 15 is 0 Å². The highest BCUT2D eigenvalue weighted by molar-refractivity contribution is 5.94. The van der Waals surface area contributed by atoms with Gasteiger partial charge < -0.3 is 14.8 Å². The number of halogens is 1. The van der Waals surface area contributed by atoms with Gasteiger partial charge >= 0.3 is 0 Å². The van der Waals surface area contributed by atoms with Crippen molar-refractivity contribution < 1.29 is 14.0 Å². The molecule has 0 saturated carbocycles.